The Kier molecular flexibility index (Phi) is 5.57. The van der Waals surface area contributed by atoms with Crippen molar-refractivity contribution in [2.24, 2.45) is 5.10 Å². The Bertz CT molecular complexity index is 1100. The second-order valence-corrected chi connectivity index (χ2v) is 6.34. The van der Waals surface area contributed by atoms with Crippen LogP contribution in [0.25, 0.3) is 11.3 Å². The molecular weight excluding hydrogens is 409 g/mol. The molecule has 1 aromatic heterocycles. The molecule has 0 unspecified atom stereocenters. The topological polar surface area (TPSA) is 134 Å². The van der Waals surface area contributed by atoms with Crippen molar-refractivity contribution in [3.05, 3.63) is 73.9 Å². The van der Waals surface area contributed by atoms with Crippen LogP contribution in [0.2, 0.25) is 10.0 Å². The number of amides is 1. The molecule has 0 aliphatic heterocycles. The zero-order valence-electron chi connectivity index (χ0n) is 13.9. The monoisotopic (exact) mass is 419 g/mol. The number of aromatic amines is 1. The average molecular weight is 420 g/mol. The zero-order chi connectivity index (χ0) is 20.3. The number of H-pyrrole nitrogens is 1. The van der Waals surface area contributed by atoms with Gasteiger partial charge in [0.1, 0.15) is 5.69 Å². The normalized spacial score (nSPS) is 10.9. The maximum atomic E-state index is 12.1. The number of nitro benzene ring substituents is 1. The summed E-state index contributed by atoms with van der Waals surface area (Å²) < 4.78 is 0. The first kappa shape index (κ1) is 19.3. The first-order valence-corrected chi connectivity index (χ1v) is 8.42. The molecule has 28 heavy (non-hydrogen) atoms. The van der Waals surface area contributed by atoms with E-state index < -0.39 is 22.3 Å². The van der Waals surface area contributed by atoms with Crippen LogP contribution < -0.4 is 5.43 Å². The van der Waals surface area contributed by atoms with Gasteiger partial charge >= 0.3 is 5.69 Å². The molecule has 2 aromatic carbocycles. The number of nitrogens with one attached hydrogen (secondary N) is 2. The highest BCUT2D eigenvalue weighted by atomic mass is 35.5. The number of hydrogen-bond donors (Lipinski definition) is 3. The van der Waals surface area contributed by atoms with Crippen molar-refractivity contribution in [3.63, 3.8) is 0 Å². The van der Waals surface area contributed by atoms with E-state index in [9.17, 15) is 20.0 Å². The molecule has 0 aliphatic rings. The highest BCUT2D eigenvalue weighted by Crippen LogP contribution is 2.29. The molecule has 0 radical (unpaired) electrons. The van der Waals surface area contributed by atoms with Gasteiger partial charge in [-0.25, -0.2) is 5.43 Å². The van der Waals surface area contributed by atoms with E-state index in [1.807, 2.05) is 0 Å². The number of rotatable bonds is 5. The van der Waals surface area contributed by atoms with E-state index in [2.05, 4.69) is 20.7 Å². The number of phenols is 1. The van der Waals surface area contributed by atoms with Gasteiger partial charge in [0.25, 0.3) is 5.91 Å². The lowest BCUT2D eigenvalue weighted by molar-refractivity contribution is -0.385. The predicted molar refractivity (Wildman–Crippen MR) is 104 cm³/mol. The molecule has 3 N–H and O–H groups in total. The summed E-state index contributed by atoms with van der Waals surface area (Å²) in [4.78, 5) is 22.1. The number of carbonyl (C=O) groups is 1. The third-order valence-corrected chi connectivity index (χ3v) is 4.15. The number of nitro groups is 1. The first-order valence-electron chi connectivity index (χ1n) is 7.67. The first-order chi connectivity index (χ1) is 13.3. The minimum Gasteiger partial charge on any atom is -0.502 e. The second-order valence-electron chi connectivity index (χ2n) is 5.50. The molecule has 0 spiro atoms. The molecule has 0 saturated carbocycles. The van der Waals surface area contributed by atoms with E-state index in [1.54, 1.807) is 18.2 Å². The van der Waals surface area contributed by atoms with Gasteiger partial charge in [-0.2, -0.15) is 10.2 Å². The Morgan fingerprint density at radius 3 is 2.71 bits per heavy atom. The van der Waals surface area contributed by atoms with Crippen molar-refractivity contribution in [1.29, 1.82) is 0 Å². The van der Waals surface area contributed by atoms with Gasteiger partial charge in [0.15, 0.2) is 5.75 Å². The molecule has 3 aromatic rings. The molecule has 1 heterocycles. The molecule has 0 aliphatic carbocycles. The quantitative estimate of drug-likeness (QED) is 0.328. The summed E-state index contributed by atoms with van der Waals surface area (Å²) >= 11 is 12.0. The SMILES string of the molecule is O=C(N/N=C/c1ccc([N+](=O)[O-])c(O)c1)c1cc(-c2ccc(Cl)cc2Cl)n[nH]1. The minimum absolute atomic E-state index is 0.143. The molecule has 142 valence electrons. The fraction of sp³-hybridized carbons (Fsp3) is 0. The molecule has 11 heteroatoms. The van der Waals surface area contributed by atoms with E-state index in [4.69, 9.17) is 23.2 Å². The number of benzene rings is 2. The highest BCUT2D eigenvalue weighted by Gasteiger charge is 2.14. The van der Waals surface area contributed by atoms with Crippen molar-refractivity contribution in [2.75, 3.05) is 0 Å². The van der Waals surface area contributed by atoms with Crippen LogP contribution in [0.3, 0.4) is 0 Å². The van der Waals surface area contributed by atoms with E-state index in [-0.39, 0.29) is 5.69 Å². The second kappa shape index (κ2) is 8.07. The minimum atomic E-state index is -0.708. The van der Waals surface area contributed by atoms with E-state index in [0.717, 1.165) is 12.1 Å². The van der Waals surface area contributed by atoms with Crippen molar-refractivity contribution >= 4 is 41.0 Å². The standard InChI is InChI=1S/C17H11Cl2N5O4/c18-10-2-3-11(12(19)6-10)13-7-14(22-21-13)17(26)23-20-8-9-1-4-15(24(27)28)16(25)5-9/h1-8,25H,(H,21,22)(H,23,26)/b20-8+. The summed E-state index contributed by atoms with van der Waals surface area (Å²) in [6.07, 6.45) is 1.23. The largest absolute Gasteiger partial charge is 0.502 e. The predicted octanol–water partition coefficient (Wildman–Crippen LogP) is 3.76. The van der Waals surface area contributed by atoms with Gasteiger partial charge in [-0.1, -0.05) is 23.2 Å². The summed E-state index contributed by atoms with van der Waals surface area (Å²) in [6.45, 7) is 0. The number of nitrogens with zero attached hydrogens (tertiary/aromatic N) is 3. The lowest BCUT2D eigenvalue weighted by Crippen LogP contribution is -2.18. The fourth-order valence-corrected chi connectivity index (χ4v) is 2.78. The van der Waals surface area contributed by atoms with E-state index in [1.165, 1.54) is 18.3 Å². The summed E-state index contributed by atoms with van der Waals surface area (Å²) in [5.74, 6) is -1.07. The van der Waals surface area contributed by atoms with Gasteiger partial charge < -0.3 is 5.11 Å². The van der Waals surface area contributed by atoms with Crippen LogP contribution in [-0.4, -0.2) is 32.3 Å². The van der Waals surface area contributed by atoms with Crippen molar-refractivity contribution in [1.82, 2.24) is 15.6 Å². The van der Waals surface area contributed by atoms with Gasteiger partial charge in [-0.15, -0.1) is 0 Å². The molecule has 0 fully saturated rings. The van der Waals surface area contributed by atoms with E-state index in [0.29, 0.717) is 26.9 Å². The lowest BCUT2D eigenvalue weighted by atomic mass is 10.1. The van der Waals surface area contributed by atoms with Gasteiger partial charge in [-0.3, -0.25) is 20.0 Å². The molecule has 0 bridgehead atoms. The summed E-state index contributed by atoms with van der Waals surface area (Å²) in [6, 6.07) is 10.1. The molecule has 1 amide bonds. The van der Waals surface area contributed by atoms with Gasteiger partial charge in [0, 0.05) is 16.7 Å². The number of aromatic hydroxyl groups is 1. The van der Waals surface area contributed by atoms with Crippen LogP contribution >= 0.6 is 23.2 Å². The Balaban J connectivity index is 1.69. The number of phenolic OH excluding ortho intramolecular Hbond substituents is 1. The third kappa shape index (κ3) is 4.27. The van der Waals surface area contributed by atoms with Crippen LogP contribution in [0.1, 0.15) is 16.1 Å². The van der Waals surface area contributed by atoms with E-state index >= 15 is 0 Å². The Morgan fingerprint density at radius 2 is 2.04 bits per heavy atom. The lowest BCUT2D eigenvalue weighted by Gasteiger charge is -2.00. The Morgan fingerprint density at radius 1 is 1.25 bits per heavy atom. The Labute approximate surface area is 167 Å². The average Bonchev–Trinajstić information content (AvgIpc) is 3.11. The molecule has 3 rings (SSSR count). The van der Waals surface area contributed by atoms with Crippen LogP contribution in [-0.2, 0) is 0 Å². The maximum absolute atomic E-state index is 12.1. The van der Waals surface area contributed by atoms with Gasteiger partial charge in [0.05, 0.1) is 21.9 Å². The fourth-order valence-electron chi connectivity index (χ4n) is 2.27. The number of hydrazone groups is 1. The van der Waals surface area contributed by atoms with Crippen molar-refractivity contribution in [3.8, 4) is 17.0 Å². The molecule has 0 saturated heterocycles. The van der Waals surface area contributed by atoms with Crippen LogP contribution in [0.5, 0.6) is 5.75 Å². The number of hydrogen-bond acceptors (Lipinski definition) is 6. The molecule has 0 atom stereocenters. The van der Waals surface area contributed by atoms with Crippen LogP contribution in [0.4, 0.5) is 5.69 Å². The van der Waals surface area contributed by atoms with Gasteiger partial charge in [0.2, 0.25) is 0 Å². The molecule has 9 nitrogen and oxygen atoms in total. The van der Waals surface area contributed by atoms with Crippen molar-refractivity contribution < 1.29 is 14.8 Å². The maximum Gasteiger partial charge on any atom is 0.310 e. The number of carbonyl (C=O) groups excluding carboxylic acids is 1. The highest BCUT2D eigenvalue weighted by molar-refractivity contribution is 6.36. The number of aromatic nitrogens is 2. The number of halogens is 2. The summed E-state index contributed by atoms with van der Waals surface area (Å²) in [5, 5.41) is 31.5. The summed E-state index contributed by atoms with van der Waals surface area (Å²) in [5.41, 5.74) is 3.42. The third-order valence-electron chi connectivity index (χ3n) is 3.61. The van der Waals surface area contributed by atoms with Crippen LogP contribution in [0.15, 0.2) is 47.6 Å². The Hall–Kier alpha value is -3.43. The smallest absolute Gasteiger partial charge is 0.310 e. The van der Waals surface area contributed by atoms with Crippen molar-refractivity contribution in [2.45, 2.75) is 0 Å². The van der Waals surface area contributed by atoms with Gasteiger partial charge in [-0.05, 0) is 42.0 Å². The zero-order valence-corrected chi connectivity index (χ0v) is 15.4. The van der Waals surface area contributed by atoms with Crippen LogP contribution in [0, 0.1) is 10.1 Å². The summed E-state index contributed by atoms with van der Waals surface area (Å²) in [7, 11) is 0. The molecular formula is C17H11Cl2N5O4.